The van der Waals surface area contributed by atoms with E-state index in [4.69, 9.17) is 0 Å². The van der Waals surface area contributed by atoms with Gasteiger partial charge >= 0.3 is 6.18 Å². The van der Waals surface area contributed by atoms with Crippen LogP contribution in [0.3, 0.4) is 0 Å². The zero-order chi connectivity index (χ0) is 20.5. The van der Waals surface area contributed by atoms with E-state index in [1.54, 1.807) is 19.0 Å². The molecule has 0 radical (unpaired) electrons. The van der Waals surface area contributed by atoms with E-state index in [0.29, 0.717) is 24.2 Å². The van der Waals surface area contributed by atoms with Crippen molar-refractivity contribution in [3.63, 3.8) is 0 Å². The highest BCUT2D eigenvalue weighted by Crippen LogP contribution is 2.27. The monoisotopic (exact) mass is 414 g/mol. The summed E-state index contributed by atoms with van der Waals surface area (Å²) in [5.74, 6) is -0.454. The summed E-state index contributed by atoms with van der Waals surface area (Å²) in [6.45, 7) is 0.234. The van der Waals surface area contributed by atoms with Gasteiger partial charge in [-0.25, -0.2) is 0 Å². The second kappa shape index (κ2) is 7.94. The Balaban J connectivity index is 1.84. The summed E-state index contributed by atoms with van der Waals surface area (Å²) in [6.07, 6.45) is -4.69. The average molecular weight is 414 g/mol. The molecule has 0 aromatic carbocycles. The summed E-state index contributed by atoms with van der Waals surface area (Å²) in [7, 11) is 3.12. The number of hydrogen-bond donors (Lipinski definition) is 0. The molecule has 0 bridgehead atoms. The third-order valence-electron chi connectivity index (χ3n) is 4.64. The molecule has 0 unspecified atom stereocenters. The standard InChI is InChI=1S/C18H21F3N4O2S/c1-23(2)17(27)16-13-10-24(15(26)9-12-4-8-28-11-12)6-3-14(13)25(22-16)7-5-18(19,20)21/h4,8,11H,3,5-7,9-10H2,1-2H3. The van der Waals surface area contributed by atoms with E-state index in [9.17, 15) is 22.8 Å². The van der Waals surface area contributed by atoms with Crippen LogP contribution in [0.4, 0.5) is 13.2 Å². The first-order chi connectivity index (χ1) is 13.2. The summed E-state index contributed by atoms with van der Waals surface area (Å²) in [4.78, 5) is 28.1. The number of aryl methyl sites for hydroxylation is 1. The van der Waals surface area contributed by atoms with Crippen molar-refractivity contribution in [2.45, 2.75) is 38.5 Å². The second-order valence-electron chi connectivity index (χ2n) is 6.94. The van der Waals surface area contributed by atoms with Crippen LogP contribution in [0.5, 0.6) is 0 Å². The van der Waals surface area contributed by atoms with E-state index in [-0.39, 0.29) is 37.0 Å². The molecule has 28 heavy (non-hydrogen) atoms. The van der Waals surface area contributed by atoms with E-state index in [0.717, 1.165) is 5.56 Å². The molecule has 0 aliphatic carbocycles. The van der Waals surface area contributed by atoms with Crippen molar-refractivity contribution in [3.8, 4) is 0 Å². The fourth-order valence-corrected chi connectivity index (χ4v) is 3.85. The molecular weight excluding hydrogens is 393 g/mol. The number of thiophene rings is 1. The molecule has 1 aliphatic rings. The fraction of sp³-hybridized carbons (Fsp3) is 0.500. The molecule has 0 N–H and O–H groups in total. The number of carbonyl (C=O) groups is 2. The van der Waals surface area contributed by atoms with Crippen molar-refractivity contribution in [1.82, 2.24) is 19.6 Å². The Morgan fingerprint density at radius 1 is 1.32 bits per heavy atom. The number of alkyl halides is 3. The molecular formula is C18H21F3N4O2S. The first-order valence-corrected chi connectivity index (χ1v) is 9.76. The number of carbonyl (C=O) groups excluding carboxylic acids is 2. The third-order valence-corrected chi connectivity index (χ3v) is 5.37. The van der Waals surface area contributed by atoms with Gasteiger partial charge in [0.2, 0.25) is 5.91 Å². The number of fused-ring (bicyclic) bond motifs is 1. The highest BCUT2D eigenvalue weighted by molar-refractivity contribution is 7.08. The highest BCUT2D eigenvalue weighted by atomic mass is 32.1. The Bertz CT molecular complexity index is 859. The molecule has 6 nitrogen and oxygen atoms in total. The Morgan fingerprint density at radius 2 is 2.07 bits per heavy atom. The van der Waals surface area contributed by atoms with Gasteiger partial charge in [0.25, 0.3) is 5.91 Å². The highest BCUT2D eigenvalue weighted by Gasteiger charge is 2.33. The minimum absolute atomic E-state index is 0.0738. The van der Waals surface area contributed by atoms with E-state index >= 15 is 0 Å². The van der Waals surface area contributed by atoms with Gasteiger partial charge < -0.3 is 9.80 Å². The minimum Gasteiger partial charge on any atom is -0.343 e. The van der Waals surface area contributed by atoms with Gasteiger partial charge in [-0.1, -0.05) is 0 Å². The Kier molecular flexibility index (Phi) is 5.78. The van der Waals surface area contributed by atoms with Crippen LogP contribution in [0.25, 0.3) is 0 Å². The zero-order valence-corrected chi connectivity index (χ0v) is 16.4. The Morgan fingerprint density at radius 3 is 2.68 bits per heavy atom. The molecule has 10 heteroatoms. The van der Waals surface area contributed by atoms with Crippen molar-refractivity contribution in [1.29, 1.82) is 0 Å². The predicted octanol–water partition coefficient (Wildman–Crippen LogP) is 2.73. The van der Waals surface area contributed by atoms with E-state index in [2.05, 4.69) is 5.10 Å². The van der Waals surface area contributed by atoms with E-state index in [1.807, 2.05) is 16.8 Å². The van der Waals surface area contributed by atoms with Crippen LogP contribution in [0.2, 0.25) is 0 Å². The fourth-order valence-electron chi connectivity index (χ4n) is 3.18. The SMILES string of the molecule is CN(C)C(=O)c1nn(CCC(F)(F)F)c2c1CN(C(=O)Cc1ccsc1)CC2. The maximum atomic E-state index is 12.6. The van der Waals surface area contributed by atoms with Gasteiger partial charge in [0, 0.05) is 51.4 Å². The van der Waals surface area contributed by atoms with Gasteiger partial charge in [0.05, 0.1) is 12.8 Å². The predicted molar refractivity (Wildman–Crippen MR) is 98.1 cm³/mol. The molecule has 3 heterocycles. The summed E-state index contributed by atoms with van der Waals surface area (Å²) in [6, 6.07) is 1.88. The van der Waals surface area contributed by atoms with Gasteiger partial charge in [0.15, 0.2) is 5.69 Å². The third kappa shape index (κ3) is 4.54. The summed E-state index contributed by atoms with van der Waals surface area (Å²) in [5, 5.41) is 7.98. The first-order valence-electron chi connectivity index (χ1n) is 8.81. The molecule has 0 spiro atoms. The lowest BCUT2D eigenvalue weighted by molar-refractivity contribution is -0.137. The van der Waals surface area contributed by atoms with Crippen LogP contribution < -0.4 is 0 Å². The lowest BCUT2D eigenvalue weighted by Gasteiger charge is -2.28. The van der Waals surface area contributed by atoms with Crippen molar-refractivity contribution >= 4 is 23.2 Å². The maximum absolute atomic E-state index is 12.6. The van der Waals surface area contributed by atoms with Gasteiger partial charge in [0.1, 0.15) is 0 Å². The minimum atomic E-state index is -4.30. The maximum Gasteiger partial charge on any atom is 0.390 e. The quantitative estimate of drug-likeness (QED) is 0.756. The lowest BCUT2D eigenvalue weighted by atomic mass is 10.0. The number of amides is 2. The molecule has 0 fully saturated rings. The normalized spacial score (nSPS) is 14.1. The zero-order valence-electron chi connectivity index (χ0n) is 15.6. The average Bonchev–Trinajstić information content (AvgIpc) is 3.25. The van der Waals surface area contributed by atoms with Crippen LogP contribution >= 0.6 is 11.3 Å². The molecule has 152 valence electrons. The number of halogens is 3. The van der Waals surface area contributed by atoms with Crippen molar-refractivity contribution < 1.29 is 22.8 Å². The van der Waals surface area contributed by atoms with Crippen LogP contribution in [0.15, 0.2) is 16.8 Å². The van der Waals surface area contributed by atoms with Crippen LogP contribution in [0, 0.1) is 0 Å². The number of hydrogen-bond acceptors (Lipinski definition) is 4. The number of nitrogens with zero attached hydrogens (tertiary/aromatic N) is 4. The van der Waals surface area contributed by atoms with Crippen LogP contribution in [-0.4, -0.2) is 58.2 Å². The molecule has 2 amide bonds. The molecule has 0 atom stereocenters. The molecule has 1 aliphatic heterocycles. The number of aromatic nitrogens is 2. The molecule has 0 saturated heterocycles. The first kappa shape index (κ1) is 20.4. The lowest BCUT2D eigenvalue weighted by Crippen LogP contribution is -2.38. The topological polar surface area (TPSA) is 58.4 Å². The molecule has 2 aromatic rings. The molecule has 2 aromatic heterocycles. The van der Waals surface area contributed by atoms with E-state index in [1.165, 1.54) is 20.9 Å². The van der Waals surface area contributed by atoms with Crippen LogP contribution in [0.1, 0.15) is 33.7 Å². The number of rotatable bonds is 5. The van der Waals surface area contributed by atoms with E-state index < -0.39 is 12.6 Å². The van der Waals surface area contributed by atoms with Crippen molar-refractivity contribution in [2.24, 2.45) is 0 Å². The van der Waals surface area contributed by atoms with Gasteiger partial charge in [-0.3, -0.25) is 14.3 Å². The van der Waals surface area contributed by atoms with Crippen molar-refractivity contribution in [3.05, 3.63) is 39.3 Å². The Hall–Kier alpha value is -2.36. The largest absolute Gasteiger partial charge is 0.390 e. The summed E-state index contributed by atoms with van der Waals surface area (Å²) < 4.78 is 39.2. The van der Waals surface area contributed by atoms with Crippen molar-refractivity contribution in [2.75, 3.05) is 20.6 Å². The van der Waals surface area contributed by atoms with Gasteiger partial charge in [-0.15, -0.1) is 0 Å². The summed E-state index contributed by atoms with van der Waals surface area (Å²) >= 11 is 1.51. The van der Waals surface area contributed by atoms with Gasteiger partial charge in [-0.05, 0) is 22.4 Å². The molecule has 3 rings (SSSR count). The second-order valence-corrected chi connectivity index (χ2v) is 7.72. The van der Waals surface area contributed by atoms with Gasteiger partial charge in [-0.2, -0.15) is 29.6 Å². The summed E-state index contributed by atoms with van der Waals surface area (Å²) in [5.41, 5.74) is 2.20. The van der Waals surface area contributed by atoms with Crippen LogP contribution in [-0.2, 0) is 30.7 Å². The Labute approximate surface area is 164 Å². The molecule has 0 saturated carbocycles. The smallest absolute Gasteiger partial charge is 0.343 e.